The van der Waals surface area contributed by atoms with Crippen molar-refractivity contribution < 1.29 is 19.0 Å². The van der Waals surface area contributed by atoms with Crippen LogP contribution in [0.1, 0.15) is 17.5 Å². The maximum Gasteiger partial charge on any atom is 0.224 e. The molecule has 6 heteroatoms. The van der Waals surface area contributed by atoms with E-state index in [0.29, 0.717) is 31.9 Å². The third kappa shape index (κ3) is 5.71. The number of carbonyl (C=O) groups is 1. The number of nitrogens with one attached hydrogen (secondary N) is 1. The molecule has 154 valence electrons. The van der Waals surface area contributed by atoms with Crippen molar-refractivity contribution in [3.8, 4) is 11.5 Å². The standard InChI is InChI=1S/C23H28N2O4/c26-23(14-19-7-8-21-22(13-19)29-12-11-28-21)24-15-20-17-25(9-4-10-27-20)16-18-5-2-1-3-6-18/h1-3,5-8,13,20H,4,9-12,14-17H2,(H,24,26). The normalized spacial score (nSPS) is 19.4. The van der Waals surface area contributed by atoms with Gasteiger partial charge in [-0.05, 0) is 29.7 Å². The molecule has 2 aromatic rings. The molecule has 1 atom stereocenters. The molecule has 2 aromatic carbocycles. The van der Waals surface area contributed by atoms with Crippen molar-refractivity contribution in [2.75, 3.05) is 39.5 Å². The van der Waals surface area contributed by atoms with Crippen LogP contribution in [0.2, 0.25) is 0 Å². The van der Waals surface area contributed by atoms with Crippen LogP contribution in [0.25, 0.3) is 0 Å². The second kappa shape index (κ2) is 9.76. The van der Waals surface area contributed by atoms with Crippen LogP contribution in [-0.4, -0.2) is 56.4 Å². The van der Waals surface area contributed by atoms with Crippen molar-refractivity contribution in [1.29, 1.82) is 0 Å². The third-order valence-corrected chi connectivity index (χ3v) is 5.18. The zero-order valence-electron chi connectivity index (χ0n) is 16.6. The quantitative estimate of drug-likeness (QED) is 0.813. The third-order valence-electron chi connectivity index (χ3n) is 5.18. The Morgan fingerprint density at radius 1 is 1.00 bits per heavy atom. The summed E-state index contributed by atoms with van der Waals surface area (Å²) in [7, 11) is 0. The van der Waals surface area contributed by atoms with Crippen molar-refractivity contribution in [1.82, 2.24) is 10.2 Å². The van der Waals surface area contributed by atoms with Crippen LogP contribution in [0.15, 0.2) is 48.5 Å². The first-order chi connectivity index (χ1) is 14.3. The minimum Gasteiger partial charge on any atom is -0.486 e. The fourth-order valence-electron chi connectivity index (χ4n) is 3.75. The molecule has 0 bridgehead atoms. The van der Waals surface area contributed by atoms with Gasteiger partial charge in [0.05, 0.1) is 12.5 Å². The van der Waals surface area contributed by atoms with E-state index in [1.807, 2.05) is 24.3 Å². The summed E-state index contributed by atoms with van der Waals surface area (Å²) in [5.74, 6) is 1.44. The maximum atomic E-state index is 12.4. The molecule has 0 aromatic heterocycles. The van der Waals surface area contributed by atoms with Crippen LogP contribution >= 0.6 is 0 Å². The average Bonchev–Trinajstić information content (AvgIpc) is 2.98. The highest BCUT2D eigenvalue weighted by molar-refractivity contribution is 5.78. The Balaban J connectivity index is 1.26. The Morgan fingerprint density at radius 2 is 1.83 bits per heavy atom. The second-order valence-corrected chi connectivity index (χ2v) is 7.53. The van der Waals surface area contributed by atoms with E-state index in [-0.39, 0.29) is 12.0 Å². The minimum atomic E-state index is -0.0101. The molecule has 29 heavy (non-hydrogen) atoms. The van der Waals surface area contributed by atoms with Crippen LogP contribution in [0, 0.1) is 0 Å². The fourth-order valence-corrected chi connectivity index (χ4v) is 3.75. The first-order valence-corrected chi connectivity index (χ1v) is 10.3. The number of fused-ring (bicyclic) bond motifs is 1. The molecular formula is C23H28N2O4. The van der Waals surface area contributed by atoms with Gasteiger partial charge in [0.25, 0.3) is 0 Å². The average molecular weight is 396 g/mol. The highest BCUT2D eigenvalue weighted by Crippen LogP contribution is 2.30. The lowest BCUT2D eigenvalue weighted by atomic mass is 10.1. The molecule has 1 unspecified atom stereocenters. The van der Waals surface area contributed by atoms with Crippen LogP contribution in [0.5, 0.6) is 11.5 Å². The SMILES string of the molecule is O=C(Cc1ccc2c(c1)OCCO2)NCC1CN(Cc2ccccc2)CCCO1. The number of ether oxygens (including phenoxy) is 3. The topological polar surface area (TPSA) is 60.0 Å². The van der Waals surface area contributed by atoms with Gasteiger partial charge in [-0.2, -0.15) is 0 Å². The summed E-state index contributed by atoms with van der Waals surface area (Å²) in [4.78, 5) is 14.8. The molecule has 2 aliphatic heterocycles. The Hall–Kier alpha value is -2.57. The van der Waals surface area contributed by atoms with E-state index >= 15 is 0 Å². The van der Waals surface area contributed by atoms with Crippen LogP contribution in [0.4, 0.5) is 0 Å². The predicted octanol–water partition coefficient (Wildman–Crippen LogP) is 2.41. The molecule has 1 saturated heterocycles. The Labute approximate surface area is 171 Å². The minimum absolute atomic E-state index is 0.00503. The number of carbonyl (C=O) groups excluding carboxylic acids is 1. The molecule has 1 N–H and O–H groups in total. The van der Waals surface area contributed by atoms with Crippen LogP contribution in [-0.2, 0) is 22.5 Å². The lowest BCUT2D eigenvalue weighted by Gasteiger charge is -2.24. The van der Waals surface area contributed by atoms with Crippen molar-refractivity contribution in [3.63, 3.8) is 0 Å². The van der Waals surface area contributed by atoms with E-state index in [1.54, 1.807) is 0 Å². The maximum absolute atomic E-state index is 12.4. The lowest BCUT2D eigenvalue weighted by Crippen LogP contribution is -2.40. The van der Waals surface area contributed by atoms with Gasteiger partial charge < -0.3 is 19.5 Å². The van der Waals surface area contributed by atoms with Crippen molar-refractivity contribution >= 4 is 5.91 Å². The second-order valence-electron chi connectivity index (χ2n) is 7.53. The van der Waals surface area contributed by atoms with Gasteiger partial charge in [-0.3, -0.25) is 9.69 Å². The van der Waals surface area contributed by atoms with Gasteiger partial charge in [0.1, 0.15) is 13.2 Å². The number of amides is 1. The van der Waals surface area contributed by atoms with Gasteiger partial charge in [0.2, 0.25) is 5.91 Å². The summed E-state index contributed by atoms with van der Waals surface area (Å²) < 4.78 is 17.1. The molecule has 0 radical (unpaired) electrons. The summed E-state index contributed by atoms with van der Waals surface area (Å²) in [5.41, 5.74) is 2.22. The molecule has 0 saturated carbocycles. The number of hydrogen-bond acceptors (Lipinski definition) is 5. The number of nitrogens with zero attached hydrogens (tertiary/aromatic N) is 1. The van der Waals surface area contributed by atoms with Gasteiger partial charge in [-0.25, -0.2) is 0 Å². The fraction of sp³-hybridized carbons (Fsp3) is 0.435. The van der Waals surface area contributed by atoms with E-state index in [4.69, 9.17) is 14.2 Å². The lowest BCUT2D eigenvalue weighted by molar-refractivity contribution is -0.121. The Morgan fingerprint density at radius 3 is 2.69 bits per heavy atom. The summed E-state index contributed by atoms with van der Waals surface area (Å²) in [5, 5.41) is 3.03. The van der Waals surface area contributed by atoms with Gasteiger partial charge in [-0.1, -0.05) is 36.4 Å². The van der Waals surface area contributed by atoms with E-state index < -0.39 is 0 Å². The van der Waals surface area contributed by atoms with Gasteiger partial charge in [0.15, 0.2) is 11.5 Å². The van der Waals surface area contributed by atoms with Crippen molar-refractivity contribution in [2.24, 2.45) is 0 Å². The Bertz CT molecular complexity index is 812. The van der Waals surface area contributed by atoms with Gasteiger partial charge in [-0.15, -0.1) is 0 Å². The monoisotopic (exact) mass is 396 g/mol. The smallest absolute Gasteiger partial charge is 0.224 e. The predicted molar refractivity (Wildman–Crippen MR) is 110 cm³/mol. The molecule has 1 fully saturated rings. The first-order valence-electron chi connectivity index (χ1n) is 10.3. The molecule has 1 amide bonds. The number of rotatable bonds is 6. The van der Waals surface area contributed by atoms with E-state index in [1.165, 1.54) is 5.56 Å². The Kier molecular flexibility index (Phi) is 6.64. The zero-order valence-corrected chi connectivity index (χ0v) is 16.6. The highest BCUT2D eigenvalue weighted by Gasteiger charge is 2.20. The molecule has 2 heterocycles. The molecule has 4 rings (SSSR count). The number of hydrogen-bond donors (Lipinski definition) is 1. The van der Waals surface area contributed by atoms with E-state index in [2.05, 4.69) is 34.5 Å². The number of benzene rings is 2. The summed E-state index contributed by atoms with van der Waals surface area (Å²) in [6.45, 7) is 5.10. The molecule has 0 aliphatic carbocycles. The summed E-state index contributed by atoms with van der Waals surface area (Å²) in [6.07, 6.45) is 1.33. The first kappa shape index (κ1) is 19.7. The highest BCUT2D eigenvalue weighted by atomic mass is 16.6. The van der Waals surface area contributed by atoms with E-state index in [0.717, 1.165) is 44.0 Å². The van der Waals surface area contributed by atoms with Crippen LogP contribution < -0.4 is 14.8 Å². The van der Waals surface area contributed by atoms with E-state index in [9.17, 15) is 4.79 Å². The van der Waals surface area contributed by atoms with Gasteiger partial charge >= 0.3 is 0 Å². The molecule has 6 nitrogen and oxygen atoms in total. The van der Waals surface area contributed by atoms with Crippen LogP contribution in [0.3, 0.4) is 0 Å². The van der Waals surface area contributed by atoms with Crippen molar-refractivity contribution in [3.05, 3.63) is 59.7 Å². The summed E-state index contributed by atoms with van der Waals surface area (Å²) >= 11 is 0. The summed E-state index contributed by atoms with van der Waals surface area (Å²) in [6, 6.07) is 16.1. The largest absolute Gasteiger partial charge is 0.486 e. The molecular weight excluding hydrogens is 368 g/mol. The molecule has 0 spiro atoms. The zero-order chi connectivity index (χ0) is 19.9. The van der Waals surface area contributed by atoms with Gasteiger partial charge in [0, 0.05) is 32.8 Å². The molecule has 2 aliphatic rings. The van der Waals surface area contributed by atoms with Crippen molar-refractivity contribution in [2.45, 2.75) is 25.5 Å².